The first-order valence-corrected chi connectivity index (χ1v) is 6.45. The number of ketones is 2. The molecule has 0 saturated carbocycles. The lowest BCUT2D eigenvalue weighted by Gasteiger charge is -1.81. The first-order valence-electron chi connectivity index (χ1n) is 6.45. The Hall–Kier alpha value is -2.94. The maximum atomic E-state index is 10.1. The Bertz CT molecular complexity index is 652. The van der Waals surface area contributed by atoms with Crippen molar-refractivity contribution in [1.82, 2.24) is 0 Å². The summed E-state index contributed by atoms with van der Waals surface area (Å²) in [7, 11) is 0. The highest BCUT2D eigenvalue weighted by molar-refractivity contribution is 6.02. The highest BCUT2D eigenvalue weighted by Crippen LogP contribution is 2.12. The van der Waals surface area contributed by atoms with Gasteiger partial charge in [-0.3, -0.25) is 9.59 Å². The van der Waals surface area contributed by atoms with Gasteiger partial charge in [0.25, 0.3) is 0 Å². The van der Waals surface area contributed by atoms with Gasteiger partial charge in [0.15, 0.2) is 11.6 Å². The summed E-state index contributed by atoms with van der Waals surface area (Å²) in [6.45, 7) is 0. The van der Waals surface area contributed by atoms with Gasteiger partial charge in [0.2, 0.25) is 0 Å². The highest BCUT2D eigenvalue weighted by Gasteiger charge is 1.90. The fourth-order valence-corrected chi connectivity index (χ4v) is 1.62. The molecule has 0 unspecified atom stereocenters. The van der Waals surface area contributed by atoms with Crippen LogP contribution in [-0.4, -0.2) is 11.6 Å². The SMILES string of the molecule is O=C1C=CC=C1.O=C1C=CC=C1.c1ccc2occc2c1. The predicted molar refractivity (Wildman–Crippen MR) is 82.8 cm³/mol. The van der Waals surface area contributed by atoms with Gasteiger partial charge in [-0.05, 0) is 36.4 Å². The fraction of sp³-hybridized carbons (Fsp3) is 0. The average molecular weight is 278 g/mol. The minimum absolute atomic E-state index is 0.0926. The molecule has 2 aromatic rings. The number of para-hydroxylation sites is 1. The van der Waals surface area contributed by atoms with E-state index in [9.17, 15) is 9.59 Å². The Morgan fingerprint density at radius 1 is 0.667 bits per heavy atom. The van der Waals surface area contributed by atoms with Crippen LogP contribution in [0.3, 0.4) is 0 Å². The van der Waals surface area contributed by atoms with Gasteiger partial charge in [0.1, 0.15) is 5.58 Å². The van der Waals surface area contributed by atoms with Gasteiger partial charge in [0.05, 0.1) is 6.26 Å². The molecule has 0 amide bonds. The molecule has 1 heterocycles. The van der Waals surface area contributed by atoms with Crippen molar-refractivity contribution >= 4 is 22.5 Å². The summed E-state index contributed by atoms with van der Waals surface area (Å²) in [4.78, 5) is 20.1. The van der Waals surface area contributed by atoms with Gasteiger partial charge in [-0.2, -0.15) is 0 Å². The van der Waals surface area contributed by atoms with Crippen molar-refractivity contribution in [3.63, 3.8) is 0 Å². The van der Waals surface area contributed by atoms with Crippen LogP contribution in [0.15, 0.2) is 89.6 Å². The molecule has 0 N–H and O–H groups in total. The quantitative estimate of drug-likeness (QED) is 0.736. The second kappa shape index (κ2) is 7.60. The van der Waals surface area contributed by atoms with Crippen LogP contribution >= 0.6 is 0 Å². The lowest BCUT2D eigenvalue weighted by Crippen LogP contribution is -1.75. The minimum Gasteiger partial charge on any atom is -0.464 e. The fourth-order valence-electron chi connectivity index (χ4n) is 1.62. The van der Waals surface area contributed by atoms with Gasteiger partial charge in [-0.25, -0.2) is 0 Å². The number of hydrogen-bond donors (Lipinski definition) is 0. The van der Waals surface area contributed by atoms with E-state index in [4.69, 9.17) is 4.42 Å². The van der Waals surface area contributed by atoms with E-state index in [2.05, 4.69) is 0 Å². The van der Waals surface area contributed by atoms with Crippen molar-refractivity contribution < 1.29 is 14.0 Å². The summed E-state index contributed by atoms with van der Waals surface area (Å²) in [5.41, 5.74) is 0.956. The van der Waals surface area contributed by atoms with E-state index in [1.807, 2.05) is 30.3 Å². The molecule has 0 bridgehead atoms. The maximum absolute atomic E-state index is 10.1. The number of hydrogen-bond acceptors (Lipinski definition) is 3. The summed E-state index contributed by atoms with van der Waals surface area (Å²) < 4.78 is 5.12. The first-order chi connectivity index (χ1) is 10.3. The predicted octanol–water partition coefficient (Wildman–Crippen LogP) is 3.80. The number of furan rings is 1. The summed E-state index contributed by atoms with van der Waals surface area (Å²) >= 11 is 0. The topological polar surface area (TPSA) is 47.3 Å². The molecule has 21 heavy (non-hydrogen) atoms. The normalized spacial score (nSPS) is 14.1. The minimum atomic E-state index is 0.0926. The van der Waals surface area contributed by atoms with E-state index in [0.717, 1.165) is 11.0 Å². The van der Waals surface area contributed by atoms with E-state index < -0.39 is 0 Å². The van der Waals surface area contributed by atoms with Crippen molar-refractivity contribution in [3.05, 3.63) is 85.2 Å². The number of rotatable bonds is 0. The Kier molecular flexibility index (Phi) is 5.24. The monoisotopic (exact) mass is 278 g/mol. The third-order valence-corrected chi connectivity index (χ3v) is 2.63. The molecule has 1 aromatic heterocycles. The van der Waals surface area contributed by atoms with Crippen LogP contribution in [0.5, 0.6) is 0 Å². The number of fused-ring (bicyclic) bond motifs is 1. The zero-order chi connectivity index (χ0) is 14.9. The molecular formula is C18H14O3. The lowest BCUT2D eigenvalue weighted by atomic mass is 10.3. The molecular weight excluding hydrogens is 264 g/mol. The van der Waals surface area contributed by atoms with Crippen LogP contribution in [0.1, 0.15) is 0 Å². The maximum Gasteiger partial charge on any atom is 0.178 e. The van der Waals surface area contributed by atoms with E-state index in [1.165, 1.54) is 24.3 Å². The first kappa shape index (κ1) is 14.5. The van der Waals surface area contributed by atoms with Crippen LogP contribution in [0.4, 0.5) is 0 Å². The van der Waals surface area contributed by atoms with Crippen molar-refractivity contribution in [3.8, 4) is 0 Å². The second-order valence-corrected chi connectivity index (χ2v) is 4.20. The molecule has 1 aromatic carbocycles. The van der Waals surface area contributed by atoms with Crippen molar-refractivity contribution in [2.24, 2.45) is 0 Å². The van der Waals surface area contributed by atoms with Crippen LogP contribution in [0.2, 0.25) is 0 Å². The van der Waals surface area contributed by atoms with Crippen molar-refractivity contribution in [2.75, 3.05) is 0 Å². The van der Waals surface area contributed by atoms with E-state index >= 15 is 0 Å². The summed E-state index contributed by atoms with van der Waals surface area (Å²) in [6, 6.07) is 9.90. The number of carbonyl (C=O) groups excluding carboxylic acids is 2. The molecule has 0 fully saturated rings. The van der Waals surface area contributed by atoms with Gasteiger partial charge in [0, 0.05) is 5.39 Å². The summed E-state index contributed by atoms with van der Waals surface area (Å²) in [5, 5.41) is 1.16. The third-order valence-electron chi connectivity index (χ3n) is 2.63. The Morgan fingerprint density at radius 3 is 1.62 bits per heavy atom. The Balaban J connectivity index is 0.000000120. The standard InChI is InChI=1S/C8H6O.2C5H4O/c1-2-4-8-7(3-1)5-6-9-8;2*6-5-3-1-2-4-5/h1-6H;2*1-4H. The lowest BCUT2D eigenvalue weighted by molar-refractivity contribution is -0.111. The molecule has 3 nitrogen and oxygen atoms in total. The molecule has 2 aliphatic rings. The summed E-state index contributed by atoms with van der Waals surface area (Å²) in [6.07, 6.45) is 14.7. The molecule has 3 heteroatoms. The van der Waals surface area contributed by atoms with Crippen LogP contribution in [-0.2, 0) is 9.59 Å². The number of allylic oxidation sites excluding steroid dienone is 8. The Morgan fingerprint density at radius 2 is 1.19 bits per heavy atom. The third kappa shape index (κ3) is 4.91. The van der Waals surface area contributed by atoms with E-state index in [-0.39, 0.29) is 11.6 Å². The molecule has 0 spiro atoms. The molecule has 4 rings (SSSR count). The van der Waals surface area contributed by atoms with Gasteiger partial charge in [-0.15, -0.1) is 0 Å². The second-order valence-electron chi connectivity index (χ2n) is 4.20. The Labute approximate surface area is 122 Å². The largest absolute Gasteiger partial charge is 0.464 e. The summed E-state index contributed by atoms with van der Waals surface area (Å²) in [5.74, 6) is 0.185. The van der Waals surface area contributed by atoms with Gasteiger partial charge in [-0.1, -0.05) is 42.5 Å². The molecule has 0 aliphatic heterocycles. The van der Waals surface area contributed by atoms with Crippen molar-refractivity contribution in [2.45, 2.75) is 0 Å². The number of benzene rings is 1. The van der Waals surface area contributed by atoms with E-state index in [1.54, 1.807) is 30.6 Å². The smallest absolute Gasteiger partial charge is 0.178 e. The molecule has 0 radical (unpaired) electrons. The van der Waals surface area contributed by atoms with Gasteiger partial charge >= 0.3 is 0 Å². The van der Waals surface area contributed by atoms with Gasteiger partial charge < -0.3 is 4.42 Å². The molecule has 0 atom stereocenters. The van der Waals surface area contributed by atoms with Crippen molar-refractivity contribution in [1.29, 1.82) is 0 Å². The highest BCUT2D eigenvalue weighted by atomic mass is 16.3. The van der Waals surface area contributed by atoms with Crippen LogP contribution < -0.4 is 0 Å². The zero-order valence-corrected chi connectivity index (χ0v) is 11.3. The van der Waals surface area contributed by atoms with Crippen LogP contribution in [0.25, 0.3) is 11.0 Å². The van der Waals surface area contributed by atoms with E-state index in [0.29, 0.717) is 0 Å². The molecule has 104 valence electrons. The molecule has 2 aliphatic carbocycles. The van der Waals surface area contributed by atoms with Crippen LogP contribution in [0, 0.1) is 0 Å². The average Bonchev–Trinajstić information content (AvgIpc) is 3.22. The molecule has 0 saturated heterocycles. The zero-order valence-electron chi connectivity index (χ0n) is 11.3. The number of carbonyl (C=O) groups is 2.